The summed E-state index contributed by atoms with van der Waals surface area (Å²) >= 11 is 0. The molecule has 2 rings (SSSR count). The van der Waals surface area contributed by atoms with Gasteiger partial charge in [0.2, 0.25) is 5.89 Å². The predicted molar refractivity (Wildman–Crippen MR) is 70.7 cm³/mol. The van der Waals surface area contributed by atoms with Gasteiger partial charge in [-0.25, -0.2) is 0 Å². The van der Waals surface area contributed by atoms with Gasteiger partial charge in [-0.05, 0) is 18.1 Å². The van der Waals surface area contributed by atoms with Crippen molar-refractivity contribution >= 4 is 5.91 Å². The molecular formula is C14H17N3O2. The van der Waals surface area contributed by atoms with E-state index in [2.05, 4.69) is 15.5 Å². The molecule has 19 heavy (non-hydrogen) atoms. The van der Waals surface area contributed by atoms with Crippen LogP contribution in [-0.2, 0) is 6.54 Å². The van der Waals surface area contributed by atoms with Gasteiger partial charge in [-0.2, -0.15) is 0 Å². The summed E-state index contributed by atoms with van der Waals surface area (Å²) in [4.78, 5) is 11.9. The molecule has 0 saturated heterocycles. The molecule has 1 aromatic heterocycles. The smallest absolute Gasteiger partial charge is 0.309 e. The van der Waals surface area contributed by atoms with E-state index in [9.17, 15) is 4.79 Å². The molecule has 100 valence electrons. The first-order chi connectivity index (χ1) is 9.08. The lowest BCUT2D eigenvalue weighted by molar-refractivity contribution is 0.0914. The van der Waals surface area contributed by atoms with Gasteiger partial charge in [-0.3, -0.25) is 4.79 Å². The first-order valence-electron chi connectivity index (χ1n) is 6.24. The molecule has 0 unspecified atom stereocenters. The minimum Gasteiger partial charge on any atom is -0.417 e. The van der Waals surface area contributed by atoms with E-state index >= 15 is 0 Å². The van der Waals surface area contributed by atoms with Crippen molar-refractivity contribution in [1.29, 1.82) is 0 Å². The molecule has 0 aliphatic heterocycles. The van der Waals surface area contributed by atoms with E-state index in [1.807, 2.05) is 45.0 Å². The van der Waals surface area contributed by atoms with Crippen molar-refractivity contribution in [2.24, 2.45) is 0 Å². The van der Waals surface area contributed by atoms with Gasteiger partial charge >= 0.3 is 11.8 Å². The van der Waals surface area contributed by atoms with Crippen molar-refractivity contribution in [3.8, 4) is 0 Å². The Morgan fingerprint density at radius 2 is 2.05 bits per heavy atom. The van der Waals surface area contributed by atoms with Crippen LogP contribution in [0.25, 0.3) is 0 Å². The molecule has 0 fully saturated rings. The van der Waals surface area contributed by atoms with Gasteiger partial charge in [0.1, 0.15) is 0 Å². The number of amides is 1. The van der Waals surface area contributed by atoms with E-state index in [0.717, 1.165) is 11.1 Å². The van der Waals surface area contributed by atoms with Gasteiger partial charge in [0.15, 0.2) is 0 Å². The fraction of sp³-hybridized carbons (Fsp3) is 0.357. The molecule has 1 aromatic carbocycles. The molecule has 0 bridgehead atoms. The lowest BCUT2D eigenvalue weighted by atomic mass is 10.1. The third-order valence-electron chi connectivity index (χ3n) is 2.83. The van der Waals surface area contributed by atoms with Crippen LogP contribution in [0.1, 0.15) is 47.5 Å². The number of hydrogen-bond donors (Lipinski definition) is 1. The van der Waals surface area contributed by atoms with E-state index < -0.39 is 0 Å². The Morgan fingerprint density at radius 3 is 2.68 bits per heavy atom. The number of aromatic nitrogens is 2. The van der Waals surface area contributed by atoms with Crippen molar-refractivity contribution in [3.63, 3.8) is 0 Å². The largest absolute Gasteiger partial charge is 0.417 e. The van der Waals surface area contributed by atoms with Crippen molar-refractivity contribution in [1.82, 2.24) is 15.5 Å². The van der Waals surface area contributed by atoms with Gasteiger partial charge < -0.3 is 9.73 Å². The minimum absolute atomic E-state index is 0.0114. The average molecular weight is 259 g/mol. The Balaban J connectivity index is 1.99. The van der Waals surface area contributed by atoms with Gasteiger partial charge in [-0.15, -0.1) is 10.2 Å². The normalized spacial score (nSPS) is 10.7. The average Bonchev–Trinajstić information content (AvgIpc) is 2.87. The van der Waals surface area contributed by atoms with Crippen LogP contribution in [0.2, 0.25) is 0 Å². The maximum Gasteiger partial charge on any atom is 0.309 e. The Kier molecular flexibility index (Phi) is 3.94. The molecule has 1 N–H and O–H groups in total. The molecule has 0 radical (unpaired) electrons. The van der Waals surface area contributed by atoms with Crippen LogP contribution in [0, 0.1) is 6.92 Å². The molecule has 2 aromatic rings. The number of nitrogens with one attached hydrogen (secondary N) is 1. The van der Waals surface area contributed by atoms with Gasteiger partial charge in [0, 0.05) is 12.5 Å². The highest BCUT2D eigenvalue weighted by Crippen LogP contribution is 2.12. The second-order valence-corrected chi connectivity index (χ2v) is 4.71. The monoisotopic (exact) mass is 259 g/mol. The maximum atomic E-state index is 11.9. The van der Waals surface area contributed by atoms with Crippen LogP contribution in [0.5, 0.6) is 0 Å². The van der Waals surface area contributed by atoms with Crippen molar-refractivity contribution in [2.45, 2.75) is 33.2 Å². The molecular weight excluding hydrogens is 242 g/mol. The van der Waals surface area contributed by atoms with Crippen molar-refractivity contribution in [2.75, 3.05) is 0 Å². The highest BCUT2D eigenvalue weighted by Gasteiger charge is 2.16. The highest BCUT2D eigenvalue weighted by atomic mass is 16.4. The summed E-state index contributed by atoms with van der Waals surface area (Å²) in [5.41, 5.74) is 2.20. The van der Waals surface area contributed by atoms with Crippen LogP contribution >= 0.6 is 0 Å². The van der Waals surface area contributed by atoms with Crippen molar-refractivity contribution < 1.29 is 9.21 Å². The lowest BCUT2D eigenvalue weighted by Crippen LogP contribution is -2.23. The quantitative estimate of drug-likeness (QED) is 0.915. The molecule has 0 atom stereocenters. The molecule has 1 heterocycles. The van der Waals surface area contributed by atoms with E-state index in [0.29, 0.717) is 12.4 Å². The summed E-state index contributed by atoms with van der Waals surface area (Å²) in [5.74, 6) is 0.256. The van der Waals surface area contributed by atoms with Crippen LogP contribution < -0.4 is 5.32 Å². The zero-order valence-electron chi connectivity index (χ0n) is 11.3. The van der Waals surface area contributed by atoms with Gasteiger partial charge in [0.25, 0.3) is 0 Å². The molecule has 1 amide bonds. The summed E-state index contributed by atoms with van der Waals surface area (Å²) in [7, 11) is 0. The zero-order chi connectivity index (χ0) is 13.8. The second kappa shape index (κ2) is 5.65. The lowest BCUT2D eigenvalue weighted by Gasteiger charge is -2.05. The first-order valence-corrected chi connectivity index (χ1v) is 6.24. The predicted octanol–water partition coefficient (Wildman–Crippen LogP) is 2.43. The number of hydrogen-bond acceptors (Lipinski definition) is 4. The Hall–Kier alpha value is -2.17. The summed E-state index contributed by atoms with van der Waals surface area (Å²) in [5, 5.41) is 10.3. The topological polar surface area (TPSA) is 68.0 Å². The molecule has 5 nitrogen and oxygen atoms in total. The van der Waals surface area contributed by atoms with Crippen molar-refractivity contribution in [3.05, 3.63) is 47.2 Å². The molecule has 5 heteroatoms. The molecule has 0 spiro atoms. The van der Waals surface area contributed by atoms with Crippen LogP contribution in [0.4, 0.5) is 0 Å². The third kappa shape index (κ3) is 3.19. The Morgan fingerprint density at radius 1 is 1.32 bits per heavy atom. The molecule has 0 aliphatic carbocycles. The summed E-state index contributed by atoms with van der Waals surface area (Å²) in [6, 6.07) is 7.89. The number of nitrogens with zero attached hydrogens (tertiary/aromatic N) is 2. The fourth-order valence-corrected chi connectivity index (χ4v) is 1.62. The maximum absolute atomic E-state index is 11.9. The third-order valence-corrected chi connectivity index (χ3v) is 2.83. The first kappa shape index (κ1) is 13.3. The number of aryl methyl sites for hydroxylation is 1. The SMILES string of the molecule is Cc1ccccc1CNC(=O)c1nnc(C(C)C)o1. The number of carbonyl (C=O) groups excluding carboxylic acids is 1. The second-order valence-electron chi connectivity index (χ2n) is 4.71. The number of carbonyl (C=O) groups is 1. The number of benzene rings is 1. The van der Waals surface area contributed by atoms with Gasteiger partial charge in [0.05, 0.1) is 0 Å². The minimum atomic E-state index is -0.345. The summed E-state index contributed by atoms with van der Waals surface area (Å²) in [6.45, 7) is 6.32. The van der Waals surface area contributed by atoms with E-state index in [4.69, 9.17) is 4.42 Å². The summed E-state index contributed by atoms with van der Waals surface area (Å²) < 4.78 is 5.29. The van der Waals surface area contributed by atoms with Gasteiger partial charge in [-0.1, -0.05) is 38.1 Å². The molecule has 0 aliphatic rings. The van der Waals surface area contributed by atoms with E-state index in [-0.39, 0.29) is 17.7 Å². The van der Waals surface area contributed by atoms with E-state index in [1.165, 1.54) is 0 Å². The Bertz CT molecular complexity index is 576. The number of rotatable bonds is 4. The fourth-order valence-electron chi connectivity index (χ4n) is 1.62. The summed E-state index contributed by atoms with van der Waals surface area (Å²) in [6.07, 6.45) is 0. The molecule has 0 saturated carbocycles. The zero-order valence-corrected chi connectivity index (χ0v) is 11.3. The van der Waals surface area contributed by atoms with E-state index in [1.54, 1.807) is 0 Å². The van der Waals surface area contributed by atoms with Crippen LogP contribution in [0.3, 0.4) is 0 Å². The Labute approximate surface area is 112 Å². The standard InChI is InChI=1S/C14H17N3O2/c1-9(2)13-16-17-14(19-13)12(18)15-8-11-7-5-4-6-10(11)3/h4-7,9H,8H2,1-3H3,(H,15,18). The van der Waals surface area contributed by atoms with Crippen LogP contribution in [0.15, 0.2) is 28.7 Å². The van der Waals surface area contributed by atoms with Crippen LogP contribution in [-0.4, -0.2) is 16.1 Å². The highest BCUT2D eigenvalue weighted by molar-refractivity contribution is 5.89.